The average Bonchev–Trinajstić information content (AvgIpc) is 1.84. The number of carbonyl (C=O) groups excluding carboxylic acids is 1. The van der Waals surface area contributed by atoms with Crippen LogP contribution in [0.15, 0.2) is 0 Å². The lowest BCUT2D eigenvalue weighted by atomic mass is 10.2. The van der Waals surface area contributed by atoms with E-state index in [4.69, 9.17) is 34.8 Å². The van der Waals surface area contributed by atoms with Crippen LogP contribution in [-0.4, -0.2) is 9.58 Å². The lowest BCUT2D eigenvalue weighted by Gasteiger charge is -2.12. The van der Waals surface area contributed by atoms with E-state index in [1.807, 2.05) is 6.92 Å². The Morgan fingerprint density at radius 2 is 2.00 bits per heavy atom. The van der Waals surface area contributed by atoms with Crippen molar-refractivity contribution in [3.05, 3.63) is 0 Å². The molecule has 0 aromatic heterocycles. The van der Waals surface area contributed by atoms with E-state index in [1.165, 1.54) is 0 Å². The number of hydrogen-bond acceptors (Lipinski definition) is 1. The second-order valence-electron chi connectivity index (χ2n) is 2.08. The summed E-state index contributed by atoms with van der Waals surface area (Å²) in [6, 6.07) is 0. The molecule has 0 radical (unpaired) electrons. The maximum Gasteiger partial charge on any atom is 0.257 e. The van der Waals surface area contributed by atoms with Crippen molar-refractivity contribution in [1.29, 1.82) is 0 Å². The van der Waals surface area contributed by atoms with Crippen LogP contribution in [0.3, 0.4) is 0 Å². The van der Waals surface area contributed by atoms with Gasteiger partial charge in [-0.3, -0.25) is 4.79 Å². The zero-order valence-electron chi connectivity index (χ0n) is 5.66. The van der Waals surface area contributed by atoms with Gasteiger partial charge in [0.15, 0.2) is 4.33 Å². The second-order valence-corrected chi connectivity index (χ2v) is 3.91. The molecule has 10 heavy (non-hydrogen) atoms. The fourth-order valence-electron chi connectivity index (χ4n) is 0.497. The van der Waals surface area contributed by atoms with Crippen molar-refractivity contribution in [2.24, 2.45) is 0 Å². The maximum atomic E-state index is 10.5. The van der Waals surface area contributed by atoms with E-state index in [1.54, 1.807) is 0 Å². The van der Waals surface area contributed by atoms with Crippen molar-refractivity contribution in [1.82, 2.24) is 0 Å². The summed E-state index contributed by atoms with van der Waals surface area (Å²) in [7, 11) is 0. The van der Waals surface area contributed by atoms with Gasteiger partial charge >= 0.3 is 0 Å². The van der Waals surface area contributed by atoms with Gasteiger partial charge < -0.3 is 0 Å². The molecule has 0 bridgehead atoms. The largest absolute Gasteiger partial charge is 0.278 e. The molecule has 0 aliphatic heterocycles. The average molecular weight is 203 g/mol. The summed E-state index contributed by atoms with van der Waals surface area (Å²) in [5, 5.41) is -0.690. The van der Waals surface area contributed by atoms with E-state index < -0.39 is 9.58 Å². The van der Waals surface area contributed by atoms with E-state index in [-0.39, 0.29) is 0 Å². The van der Waals surface area contributed by atoms with Crippen LogP contribution in [0.1, 0.15) is 26.2 Å². The highest BCUT2D eigenvalue weighted by Gasteiger charge is 2.30. The molecule has 4 heteroatoms. The van der Waals surface area contributed by atoms with Gasteiger partial charge in [-0.1, -0.05) is 43.0 Å². The lowest BCUT2D eigenvalue weighted by Crippen LogP contribution is -2.20. The van der Waals surface area contributed by atoms with E-state index in [9.17, 15) is 4.79 Å². The maximum absolute atomic E-state index is 10.5. The summed E-state index contributed by atoms with van der Waals surface area (Å²) >= 11 is 16.2. The first-order chi connectivity index (χ1) is 4.50. The molecule has 0 aliphatic rings. The highest BCUT2D eigenvalue weighted by Crippen LogP contribution is 2.29. The molecule has 0 aliphatic carbocycles. The Morgan fingerprint density at radius 1 is 1.50 bits per heavy atom. The van der Waals surface area contributed by atoms with Crippen molar-refractivity contribution in [2.45, 2.75) is 30.5 Å². The summed E-state index contributed by atoms with van der Waals surface area (Å²) in [5.74, 6) is 0. The van der Waals surface area contributed by atoms with Gasteiger partial charge in [-0.25, -0.2) is 0 Å². The molecule has 0 amide bonds. The standard InChI is InChI=1S/C6H9Cl3O/c1-2-3-4-6(8,9)5(7)10/h2-4H2,1H3. The normalized spacial score (nSPS) is 11.6. The molecule has 0 saturated carbocycles. The number of halogens is 3. The minimum absolute atomic E-state index is 0.426. The first-order valence-electron chi connectivity index (χ1n) is 3.08. The predicted octanol–water partition coefficient (Wildman–Crippen LogP) is 3.12. The Morgan fingerprint density at radius 3 is 2.30 bits per heavy atom. The fourth-order valence-corrected chi connectivity index (χ4v) is 0.859. The molecular weight excluding hydrogens is 194 g/mol. The van der Waals surface area contributed by atoms with Gasteiger partial charge in [-0.2, -0.15) is 0 Å². The molecular formula is C6H9Cl3O. The number of hydrogen-bond donors (Lipinski definition) is 0. The summed E-state index contributed by atoms with van der Waals surface area (Å²) < 4.78 is -1.38. The minimum atomic E-state index is -1.38. The zero-order chi connectivity index (χ0) is 8.20. The molecule has 0 fully saturated rings. The number of unbranched alkanes of at least 4 members (excludes halogenated alkanes) is 1. The van der Waals surface area contributed by atoms with Crippen LogP contribution < -0.4 is 0 Å². The summed E-state index contributed by atoms with van der Waals surface area (Å²) in [6.07, 6.45) is 2.19. The Balaban J connectivity index is 3.75. The number of rotatable bonds is 4. The smallest absolute Gasteiger partial charge is 0.257 e. The summed E-state index contributed by atoms with van der Waals surface area (Å²) in [4.78, 5) is 10.5. The predicted molar refractivity (Wildman–Crippen MR) is 44.8 cm³/mol. The molecule has 0 N–H and O–H groups in total. The zero-order valence-corrected chi connectivity index (χ0v) is 7.93. The third kappa shape index (κ3) is 3.65. The first-order valence-corrected chi connectivity index (χ1v) is 4.22. The highest BCUT2D eigenvalue weighted by molar-refractivity contribution is 6.78. The topological polar surface area (TPSA) is 17.1 Å². The quantitative estimate of drug-likeness (QED) is 0.507. The van der Waals surface area contributed by atoms with Crippen LogP contribution >= 0.6 is 34.8 Å². The SMILES string of the molecule is CCCCC(Cl)(Cl)C(=O)Cl. The molecule has 0 aromatic carbocycles. The van der Waals surface area contributed by atoms with Crippen LogP contribution in [0.5, 0.6) is 0 Å². The van der Waals surface area contributed by atoms with Crippen LogP contribution in [0.25, 0.3) is 0 Å². The molecule has 0 saturated heterocycles. The third-order valence-corrected chi connectivity index (χ3v) is 2.37. The van der Waals surface area contributed by atoms with Gasteiger partial charge in [-0.15, -0.1) is 0 Å². The van der Waals surface area contributed by atoms with E-state index in [2.05, 4.69) is 0 Å². The Labute approximate surface area is 75.6 Å². The minimum Gasteiger partial charge on any atom is -0.278 e. The fraction of sp³-hybridized carbons (Fsp3) is 0.833. The van der Waals surface area contributed by atoms with Crippen LogP contribution in [0.4, 0.5) is 0 Å². The monoisotopic (exact) mass is 202 g/mol. The van der Waals surface area contributed by atoms with Crippen LogP contribution in [0, 0.1) is 0 Å². The van der Waals surface area contributed by atoms with Gasteiger partial charge in [-0.05, 0) is 18.0 Å². The third-order valence-electron chi connectivity index (χ3n) is 1.13. The number of alkyl halides is 2. The van der Waals surface area contributed by atoms with E-state index >= 15 is 0 Å². The summed E-state index contributed by atoms with van der Waals surface area (Å²) in [6.45, 7) is 1.99. The van der Waals surface area contributed by atoms with Crippen molar-refractivity contribution >= 4 is 40.0 Å². The van der Waals surface area contributed by atoms with E-state index in [0.29, 0.717) is 6.42 Å². The van der Waals surface area contributed by atoms with E-state index in [0.717, 1.165) is 12.8 Å². The van der Waals surface area contributed by atoms with Crippen molar-refractivity contribution in [3.8, 4) is 0 Å². The molecule has 60 valence electrons. The summed E-state index contributed by atoms with van der Waals surface area (Å²) in [5.41, 5.74) is 0. The first kappa shape index (κ1) is 10.5. The molecule has 0 atom stereocenters. The molecule has 0 aromatic rings. The Bertz CT molecular complexity index is 122. The van der Waals surface area contributed by atoms with Gasteiger partial charge in [0, 0.05) is 0 Å². The van der Waals surface area contributed by atoms with Gasteiger partial charge in [0.2, 0.25) is 0 Å². The van der Waals surface area contributed by atoms with Gasteiger partial charge in [0.05, 0.1) is 0 Å². The van der Waals surface area contributed by atoms with Crippen molar-refractivity contribution < 1.29 is 4.79 Å². The van der Waals surface area contributed by atoms with Crippen molar-refractivity contribution in [2.75, 3.05) is 0 Å². The molecule has 0 heterocycles. The molecule has 0 rings (SSSR count). The molecule has 0 spiro atoms. The Kier molecular flexibility index (Phi) is 4.66. The van der Waals surface area contributed by atoms with Crippen LogP contribution in [-0.2, 0) is 4.79 Å². The Hall–Kier alpha value is 0.540. The molecule has 1 nitrogen and oxygen atoms in total. The molecule has 0 unspecified atom stereocenters. The van der Waals surface area contributed by atoms with Crippen LogP contribution in [0.2, 0.25) is 0 Å². The van der Waals surface area contributed by atoms with Gasteiger partial charge in [0.1, 0.15) is 0 Å². The second kappa shape index (κ2) is 4.42. The number of carbonyl (C=O) groups is 1. The lowest BCUT2D eigenvalue weighted by molar-refractivity contribution is -0.112. The highest BCUT2D eigenvalue weighted by atomic mass is 35.5. The van der Waals surface area contributed by atoms with Crippen molar-refractivity contribution in [3.63, 3.8) is 0 Å². The van der Waals surface area contributed by atoms with Gasteiger partial charge in [0.25, 0.3) is 5.24 Å².